The van der Waals surface area contributed by atoms with Gasteiger partial charge in [0.1, 0.15) is 11.4 Å². The molecule has 0 saturated carbocycles. The van der Waals surface area contributed by atoms with Crippen LogP contribution in [-0.2, 0) is 16.0 Å². The molecule has 1 aliphatic heterocycles. The molecule has 0 spiro atoms. The fourth-order valence-electron chi connectivity index (χ4n) is 3.92. The summed E-state index contributed by atoms with van der Waals surface area (Å²) < 4.78 is 11.8. The first-order valence-corrected chi connectivity index (χ1v) is 10.6. The third kappa shape index (κ3) is 4.08. The summed E-state index contributed by atoms with van der Waals surface area (Å²) in [7, 11) is 0. The van der Waals surface area contributed by atoms with Crippen LogP contribution in [0.25, 0.3) is 22.2 Å². The number of aryl methyl sites for hydroxylation is 1. The van der Waals surface area contributed by atoms with Gasteiger partial charge in [0.2, 0.25) is 11.8 Å². The van der Waals surface area contributed by atoms with Gasteiger partial charge in [0, 0.05) is 30.5 Å². The van der Waals surface area contributed by atoms with Gasteiger partial charge in [-0.15, -0.1) is 0 Å². The van der Waals surface area contributed by atoms with E-state index in [2.05, 4.69) is 12.1 Å². The molecule has 3 aromatic rings. The number of ether oxygens (including phenoxy) is 1. The van der Waals surface area contributed by atoms with Crippen molar-refractivity contribution in [1.82, 2.24) is 10.1 Å². The Labute approximate surface area is 175 Å². The predicted molar refractivity (Wildman–Crippen MR) is 114 cm³/mol. The molecule has 6 heteroatoms. The molecule has 2 amide bonds. The summed E-state index contributed by atoms with van der Waals surface area (Å²) in [5.41, 5.74) is 3.62. The average Bonchev–Trinajstić information content (AvgIpc) is 3.19. The Balaban J connectivity index is 1.49. The van der Waals surface area contributed by atoms with Crippen LogP contribution >= 0.6 is 0 Å². The van der Waals surface area contributed by atoms with E-state index in [1.54, 1.807) is 0 Å². The van der Waals surface area contributed by atoms with Gasteiger partial charge in [-0.05, 0) is 31.4 Å². The molecule has 1 aromatic heterocycles. The molecule has 0 aliphatic carbocycles. The monoisotopic (exact) mass is 406 g/mol. The number of likely N-dealkylation sites (tertiary alicyclic amines) is 1. The van der Waals surface area contributed by atoms with Crippen molar-refractivity contribution in [3.8, 4) is 17.0 Å². The molecule has 1 saturated heterocycles. The molecule has 0 radical (unpaired) electrons. The zero-order valence-corrected chi connectivity index (χ0v) is 17.2. The van der Waals surface area contributed by atoms with Crippen molar-refractivity contribution in [3.05, 3.63) is 48.0 Å². The topological polar surface area (TPSA) is 72.6 Å². The summed E-state index contributed by atoms with van der Waals surface area (Å²) in [5, 5.41) is 5.29. The van der Waals surface area contributed by atoms with Crippen LogP contribution in [0.4, 0.5) is 0 Å². The Morgan fingerprint density at radius 1 is 1.07 bits per heavy atom. The number of carbonyl (C=O) groups is 2. The second-order valence-electron chi connectivity index (χ2n) is 7.56. The summed E-state index contributed by atoms with van der Waals surface area (Å²) in [6, 6.07) is 13.9. The van der Waals surface area contributed by atoms with Gasteiger partial charge in [0.15, 0.2) is 5.58 Å². The van der Waals surface area contributed by atoms with Crippen molar-refractivity contribution in [2.24, 2.45) is 0 Å². The molecular weight excluding hydrogens is 380 g/mol. The third-order valence-corrected chi connectivity index (χ3v) is 5.42. The molecule has 1 aliphatic rings. The number of benzene rings is 2. The van der Waals surface area contributed by atoms with Crippen molar-refractivity contribution in [2.75, 3.05) is 13.2 Å². The molecule has 0 unspecified atom stereocenters. The Morgan fingerprint density at radius 3 is 2.57 bits per heavy atom. The normalized spacial score (nSPS) is 14.5. The van der Waals surface area contributed by atoms with Crippen molar-refractivity contribution >= 4 is 22.8 Å². The standard InChI is InChI=1S/C24H26N2O4/c1-2-8-18-20(29-16-7-15-26-21(27)11-6-12-22(26)28)14-13-19-23(25-30-24(18)19)17-9-4-3-5-10-17/h3-5,9-10,13-14H,2,6-8,11-12,15-16H2,1H3. The summed E-state index contributed by atoms with van der Waals surface area (Å²) in [6.07, 6.45) is 3.95. The lowest BCUT2D eigenvalue weighted by Gasteiger charge is -2.24. The van der Waals surface area contributed by atoms with Crippen molar-refractivity contribution < 1.29 is 18.8 Å². The molecule has 0 atom stereocenters. The lowest BCUT2D eigenvalue weighted by atomic mass is 10.0. The number of amides is 2. The summed E-state index contributed by atoms with van der Waals surface area (Å²) >= 11 is 0. The van der Waals surface area contributed by atoms with Crippen molar-refractivity contribution in [3.63, 3.8) is 0 Å². The first kappa shape index (κ1) is 20.1. The number of hydrogen-bond acceptors (Lipinski definition) is 5. The van der Waals surface area contributed by atoms with Crippen molar-refractivity contribution in [1.29, 1.82) is 0 Å². The van der Waals surface area contributed by atoms with Crippen LogP contribution in [-0.4, -0.2) is 35.0 Å². The second-order valence-corrected chi connectivity index (χ2v) is 7.56. The number of fused-ring (bicyclic) bond motifs is 1. The van der Waals surface area contributed by atoms with Crippen LogP contribution in [0, 0.1) is 0 Å². The van der Waals surface area contributed by atoms with Crippen LogP contribution < -0.4 is 4.74 Å². The highest BCUT2D eigenvalue weighted by Crippen LogP contribution is 2.35. The van der Waals surface area contributed by atoms with Gasteiger partial charge < -0.3 is 9.26 Å². The van der Waals surface area contributed by atoms with Gasteiger partial charge in [-0.25, -0.2) is 0 Å². The van der Waals surface area contributed by atoms with E-state index >= 15 is 0 Å². The van der Waals surface area contributed by atoms with E-state index in [1.165, 1.54) is 4.90 Å². The Morgan fingerprint density at radius 2 is 1.83 bits per heavy atom. The van der Waals surface area contributed by atoms with E-state index in [0.29, 0.717) is 38.8 Å². The van der Waals surface area contributed by atoms with Crippen LogP contribution in [0.15, 0.2) is 47.0 Å². The quantitative estimate of drug-likeness (QED) is 0.398. The Bertz CT molecular complexity index is 1030. The van der Waals surface area contributed by atoms with Crippen LogP contribution in [0.2, 0.25) is 0 Å². The maximum Gasteiger partial charge on any atom is 0.229 e. The van der Waals surface area contributed by atoms with Crippen LogP contribution in [0.1, 0.15) is 44.6 Å². The van der Waals surface area contributed by atoms with Gasteiger partial charge in [0.05, 0.1) is 12.0 Å². The fourth-order valence-corrected chi connectivity index (χ4v) is 3.92. The summed E-state index contributed by atoms with van der Waals surface area (Å²) in [6.45, 7) is 2.95. The maximum absolute atomic E-state index is 11.9. The molecule has 4 rings (SSSR count). The minimum absolute atomic E-state index is 0.0746. The highest BCUT2D eigenvalue weighted by molar-refractivity contribution is 5.97. The van der Waals surface area contributed by atoms with Gasteiger partial charge >= 0.3 is 0 Å². The highest BCUT2D eigenvalue weighted by Gasteiger charge is 2.25. The van der Waals surface area contributed by atoms with Gasteiger partial charge in [-0.2, -0.15) is 0 Å². The van der Waals surface area contributed by atoms with Crippen LogP contribution in [0.5, 0.6) is 5.75 Å². The van der Waals surface area contributed by atoms with E-state index in [-0.39, 0.29) is 11.8 Å². The lowest BCUT2D eigenvalue weighted by molar-refractivity contribution is -0.148. The highest BCUT2D eigenvalue weighted by atomic mass is 16.5. The van der Waals surface area contributed by atoms with E-state index in [1.807, 2.05) is 42.5 Å². The van der Waals surface area contributed by atoms with E-state index in [9.17, 15) is 9.59 Å². The number of piperidine rings is 1. The molecular formula is C24H26N2O4. The number of imide groups is 1. The second kappa shape index (κ2) is 9.11. The smallest absolute Gasteiger partial charge is 0.229 e. The Hall–Kier alpha value is -3.15. The zero-order valence-electron chi connectivity index (χ0n) is 17.2. The average molecular weight is 406 g/mol. The van der Waals surface area contributed by atoms with E-state index in [4.69, 9.17) is 9.26 Å². The molecule has 1 fully saturated rings. The minimum atomic E-state index is -0.0746. The molecule has 0 bridgehead atoms. The summed E-state index contributed by atoms with van der Waals surface area (Å²) in [5.74, 6) is 0.625. The van der Waals surface area contributed by atoms with Crippen LogP contribution in [0.3, 0.4) is 0 Å². The van der Waals surface area contributed by atoms with E-state index in [0.717, 1.165) is 46.4 Å². The first-order valence-electron chi connectivity index (χ1n) is 10.6. The van der Waals surface area contributed by atoms with Gasteiger partial charge in [0.25, 0.3) is 0 Å². The van der Waals surface area contributed by atoms with E-state index < -0.39 is 0 Å². The number of rotatable bonds is 8. The predicted octanol–water partition coefficient (Wildman–Crippen LogP) is 4.76. The SMILES string of the molecule is CCCc1c(OCCCN2C(=O)CCCC2=O)ccc2c(-c3ccccc3)noc12. The zero-order chi connectivity index (χ0) is 20.9. The van der Waals surface area contributed by atoms with Gasteiger partial charge in [-0.1, -0.05) is 48.8 Å². The molecule has 0 N–H and O–H groups in total. The van der Waals surface area contributed by atoms with Gasteiger partial charge in [-0.3, -0.25) is 14.5 Å². The Kier molecular flexibility index (Phi) is 6.12. The molecule has 6 nitrogen and oxygen atoms in total. The summed E-state index contributed by atoms with van der Waals surface area (Å²) in [4.78, 5) is 25.2. The largest absolute Gasteiger partial charge is 0.493 e. The molecule has 2 aromatic carbocycles. The number of aromatic nitrogens is 1. The third-order valence-electron chi connectivity index (χ3n) is 5.42. The maximum atomic E-state index is 11.9. The minimum Gasteiger partial charge on any atom is -0.493 e. The fraction of sp³-hybridized carbons (Fsp3) is 0.375. The number of nitrogens with zero attached hydrogens (tertiary/aromatic N) is 2. The first-order chi connectivity index (χ1) is 14.7. The number of hydrogen-bond donors (Lipinski definition) is 0. The lowest BCUT2D eigenvalue weighted by Crippen LogP contribution is -2.41. The molecule has 2 heterocycles. The molecule has 156 valence electrons. The molecule has 30 heavy (non-hydrogen) atoms. The van der Waals surface area contributed by atoms with Crippen molar-refractivity contribution in [2.45, 2.75) is 45.4 Å². The number of carbonyl (C=O) groups excluding carboxylic acids is 2.